The van der Waals surface area contributed by atoms with E-state index in [1.165, 1.54) is 22.3 Å². The minimum absolute atomic E-state index is 0.0207. The van der Waals surface area contributed by atoms with Crippen molar-refractivity contribution in [3.8, 4) is 11.1 Å². The number of carbonyl (C=O) groups excluding carboxylic acids is 2. The number of urea groups is 1. The lowest BCUT2D eigenvalue weighted by atomic mass is 9.97. The average Bonchev–Trinajstić information content (AvgIpc) is 3.17. The Labute approximate surface area is 182 Å². The van der Waals surface area contributed by atoms with Gasteiger partial charge in [-0.05, 0) is 65.8 Å². The van der Waals surface area contributed by atoms with E-state index in [2.05, 4.69) is 47.0 Å². The summed E-state index contributed by atoms with van der Waals surface area (Å²) in [5.41, 5.74) is 6.68. The van der Waals surface area contributed by atoms with Crippen LogP contribution in [0.2, 0.25) is 0 Å². The van der Waals surface area contributed by atoms with Gasteiger partial charge >= 0.3 is 6.03 Å². The zero-order valence-electron chi connectivity index (χ0n) is 17.3. The van der Waals surface area contributed by atoms with Crippen LogP contribution in [0.4, 0.5) is 16.2 Å². The molecule has 0 saturated carbocycles. The molecule has 2 N–H and O–H groups in total. The third-order valence-corrected chi connectivity index (χ3v) is 6.17. The van der Waals surface area contributed by atoms with E-state index in [1.807, 2.05) is 36.4 Å². The quantitative estimate of drug-likeness (QED) is 0.490. The first kappa shape index (κ1) is 19.4. The fraction of sp³-hybridized carbons (Fsp3) is 0.231. The summed E-state index contributed by atoms with van der Waals surface area (Å²) in [6.07, 6.45) is 2.50. The Hall–Kier alpha value is -3.60. The van der Waals surface area contributed by atoms with E-state index < -0.39 is 0 Å². The van der Waals surface area contributed by atoms with Crippen LogP contribution in [-0.4, -0.2) is 29.9 Å². The van der Waals surface area contributed by atoms with Crippen LogP contribution in [-0.2, 0) is 11.2 Å². The highest BCUT2D eigenvalue weighted by atomic mass is 16.2. The third-order valence-electron chi connectivity index (χ3n) is 6.17. The van der Waals surface area contributed by atoms with Gasteiger partial charge in [-0.25, -0.2) is 4.79 Å². The van der Waals surface area contributed by atoms with Crippen molar-refractivity contribution in [3.63, 3.8) is 0 Å². The van der Waals surface area contributed by atoms with Crippen LogP contribution >= 0.6 is 0 Å². The highest BCUT2D eigenvalue weighted by Crippen LogP contribution is 2.37. The van der Waals surface area contributed by atoms with E-state index >= 15 is 0 Å². The molecule has 3 amide bonds. The van der Waals surface area contributed by atoms with Gasteiger partial charge in [0.1, 0.15) is 0 Å². The maximum atomic E-state index is 12.9. The number of amides is 3. The van der Waals surface area contributed by atoms with Crippen LogP contribution in [0.3, 0.4) is 0 Å². The molecule has 3 aromatic carbocycles. The molecule has 31 heavy (non-hydrogen) atoms. The second-order valence-corrected chi connectivity index (χ2v) is 8.28. The minimum atomic E-state index is -0.208. The SMILES string of the molecule is O=C(Nc1ccc2c(c1)Cc1ccccc1-2)[C@H]1CCCN(C(=O)Nc2ccccc2)C1. The molecule has 1 atom stereocenters. The highest BCUT2D eigenvalue weighted by Gasteiger charge is 2.29. The molecule has 1 aliphatic heterocycles. The minimum Gasteiger partial charge on any atom is -0.326 e. The van der Waals surface area contributed by atoms with E-state index in [9.17, 15) is 9.59 Å². The molecule has 1 saturated heterocycles. The Morgan fingerprint density at radius 3 is 2.45 bits per heavy atom. The summed E-state index contributed by atoms with van der Waals surface area (Å²) in [5, 5.41) is 5.99. The molecule has 5 rings (SSSR count). The number of nitrogens with one attached hydrogen (secondary N) is 2. The summed E-state index contributed by atoms with van der Waals surface area (Å²) in [6, 6.07) is 23.8. The monoisotopic (exact) mass is 411 g/mol. The van der Waals surface area contributed by atoms with Crippen molar-refractivity contribution in [1.29, 1.82) is 0 Å². The maximum absolute atomic E-state index is 12.9. The number of hydrogen-bond donors (Lipinski definition) is 2. The standard InChI is InChI=1S/C26H25N3O2/c30-25(19-8-6-14-29(17-19)26(31)28-21-9-2-1-3-10-21)27-22-12-13-24-20(16-22)15-18-7-4-5-11-23(18)24/h1-5,7,9-13,16,19H,6,8,14-15,17H2,(H,27,30)(H,28,31)/t19-/m0/s1. The van der Waals surface area contributed by atoms with Gasteiger partial charge in [0.25, 0.3) is 0 Å². The number of para-hydroxylation sites is 1. The summed E-state index contributed by atoms with van der Waals surface area (Å²) in [5.74, 6) is -0.228. The van der Waals surface area contributed by atoms with Crippen molar-refractivity contribution in [2.45, 2.75) is 19.3 Å². The predicted octanol–water partition coefficient (Wildman–Crippen LogP) is 5.14. The number of benzene rings is 3. The molecule has 0 spiro atoms. The van der Waals surface area contributed by atoms with Crippen molar-refractivity contribution in [2.24, 2.45) is 5.92 Å². The summed E-state index contributed by atoms with van der Waals surface area (Å²) in [7, 11) is 0. The second kappa shape index (κ2) is 8.26. The number of anilines is 2. The summed E-state index contributed by atoms with van der Waals surface area (Å²) in [4.78, 5) is 27.3. The maximum Gasteiger partial charge on any atom is 0.321 e. The Bertz CT molecular complexity index is 1130. The predicted molar refractivity (Wildman–Crippen MR) is 123 cm³/mol. The topological polar surface area (TPSA) is 61.4 Å². The van der Waals surface area contributed by atoms with Crippen LogP contribution in [0.25, 0.3) is 11.1 Å². The van der Waals surface area contributed by atoms with E-state index in [0.29, 0.717) is 13.1 Å². The van der Waals surface area contributed by atoms with Crippen molar-refractivity contribution < 1.29 is 9.59 Å². The fourth-order valence-corrected chi connectivity index (χ4v) is 4.57. The van der Waals surface area contributed by atoms with Gasteiger partial charge in [-0.2, -0.15) is 0 Å². The Kier molecular flexibility index (Phi) is 5.16. The molecular weight excluding hydrogens is 386 g/mol. The molecular formula is C26H25N3O2. The van der Waals surface area contributed by atoms with Gasteiger partial charge in [0.2, 0.25) is 5.91 Å². The molecule has 5 heteroatoms. The molecule has 2 aliphatic rings. The smallest absolute Gasteiger partial charge is 0.321 e. The van der Waals surface area contributed by atoms with E-state index in [4.69, 9.17) is 0 Å². The van der Waals surface area contributed by atoms with Crippen LogP contribution < -0.4 is 10.6 Å². The van der Waals surface area contributed by atoms with Gasteiger partial charge in [0.15, 0.2) is 0 Å². The zero-order valence-corrected chi connectivity index (χ0v) is 17.3. The largest absolute Gasteiger partial charge is 0.326 e. The van der Waals surface area contributed by atoms with Gasteiger partial charge < -0.3 is 15.5 Å². The number of fused-ring (bicyclic) bond motifs is 3. The molecule has 0 bridgehead atoms. The molecule has 0 aromatic heterocycles. The Morgan fingerprint density at radius 2 is 1.58 bits per heavy atom. The second-order valence-electron chi connectivity index (χ2n) is 8.28. The number of hydrogen-bond acceptors (Lipinski definition) is 2. The first-order valence-corrected chi connectivity index (χ1v) is 10.8. The fourth-order valence-electron chi connectivity index (χ4n) is 4.57. The van der Waals surface area contributed by atoms with Crippen LogP contribution in [0.5, 0.6) is 0 Å². The van der Waals surface area contributed by atoms with E-state index in [0.717, 1.165) is 30.6 Å². The van der Waals surface area contributed by atoms with Gasteiger partial charge in [0.05, 0.1) is 5.92 Å². The summed E-state index contributed by atoms with van der Waals surface area (Å²) >= 11 is 0. The normalized spacial score (nSPS) is 16.9. The molecule has 3 aromatic rings. The number of piperidine rings is 1. The molecule has 1 fully saturated rings. The lowest BCUT2D eigenvalue weighted by Crippen LogP contribution is -2.45. The zero-order chi connectivity index (χ0) is 21.2. The third kappa shape index (κ3) is 4.04. The van der Waals surface area contributed by atoms with Gasteiger partial charge in [0, 0.05) is 24.5 Å². The Balaban J connectivity index is 1.23. The molecule has 1 aliphatic carbocycles. The molecule has 0 radical (unpaired) electrons. The lowest BCUT2D eigenvalue weighted by molar-refractivity contribution is -0.121. The first-order chi connectivity index (χ1) is 15.2. The molecule has 5 nitrogen and oxygen atoms in total. The van der Waals surface area contributed by atoms with Gasteiger partial charge in [-0.1, -0.05) is 48.5 Å². The number of carbonyl (C=O) groups is 2. The highest BCUT2D eigenvalue weighted by molar-refractivity contribution is 5.95. The average molecular weight is 412 g/mol. The van der Waals surface area contributed by atoms with Crippen molar-refractivity contribution in [1.82, 2.24) is 4.90 Å². The number of nitrogens with zero attached hydrogens (tertiary/aromatic N) is 1. The molecule has 1 heterocycles. The Morgan fingerprint density at radius 1 is 0.806 bits per heavy atom. The van der Waals surface area contributed by atoms with Gasteiger partial charge in [-0.15, -0.1) is 0 Å². The van der Waals surface area contributed by atoms with E-state index in [-0.39, 0.29) is 17.9 Å². The number of likely N-dealkylation sites (tertiary alicyclic amines) is 1. The molecule has 0 unspecified atom stereocenters. The molecule has 156 valence electrons. The van der Waals surface area contributed by atoms with Crippen LogP contribution in [0, 0.1) is 5.92 Å². The van der Waals surface area contributed by atoms with Gasteiger partial charge in [-0.3, -0.25) is 4.79 Å². The lowest BCUT2D eigenvalue weighted by Gasteiger charge is -2.32. The number of rotatable bonds is 3. The van der Waals surface area contributed by atoms with Crippen molar-refractivity contribution in [3.05, 3.63) is 83.9 Å². The first-order valence-electron chi connectivity index (χ1n) is 10.8. The van der Waals surface area contributed by atoms with Crippen LogP contribution in [0.1, 0.15) is 24.0 Å². The summed E-state index contributed by atoms with van der Waals surface area (Å²) < 4.78 is 0. The van der Waals surface area contributed by atoms with Crippen LogP contribution in [0.15, 0.2) is 72.8 Å². The van der Waals surface area contributed by atoms with Crippen molar-refractivity contribution in [2.75, 3.05) is 23.7 Å². The van der Waals surface area contributed by atoms with Crippen molar-refractivity contribution >= 4 is 23.3 Å². The summed E-state index contributed by atoms with van der Waals surface area (Å²) in [6.45, 7) is 1.10. The van der Waals surface area contributed by atoms with E-state index in [1.54, 1.807) is 4.90 Å².